The van der Waals surface area contributed by atoms with Gasteiger partial charge in [0, 0.05) is 23.7 Å². The number of phenolic OH excluding ortho intramolecular Hbond substituents is 2. The average molecular weight is 348 g/mol. The maximum Gasteiger partial charge on any atom is 0.204 e. The Bertz CT molecular complexity index is 976. The van der Waals surface area contributed by atoms with Crippen LogP contribution in [0, 0.1) is 0 Å². The largest absolute Gasteiger partial charge is 0.507 e. The first kappa shape index (κ1) is 16.6. The molecule has 0 atom stereocenters. The Morgan fingerprint density at radius 2 is 1.83 bits per heavy atom. The molecule has 3 rings (SSSR count). The number of hydrogen-bond acceptors (Lipinski definition) is 5. The van der Waals surface area contributed by atoms with Crippen molar-refractivity contribution in [3.8, 4) is 11.5 Å². The zero-order valence-corrected chi connectivity index (χ0v) is 14.2. The first-order chi connectivity index (χ1) is 11.5. The van der Waals surface area contributed by atoms with E-state index in [0.29, 0.717) is 28.1 Å². The highest BCUT2D eigenvalue weighted by molar-refractivity contribution is 6.31. The molecule has 3 aromatic rings. The second kappa shape index (κ2) is 6.34. The van der Waals surface area contributed by atoms with Gasteiger partial charge in [0.15, 0.2) is 0 Å². The third kappa shape index (κ3) is 2.70. The molecule has 1 heterocycles. The number of hydrogen-bond donors (Lipinski definition) is 2. The molecule has 2 N–H and O–H groups in total. The van der Waals surface area contributed by atoms with Gasteiger partial charge in [-0.2, -0.15) is 0 Å². The quantitative estimate of drug-likeness (QED) is 0.701. The molecule has 5 nitrogen and oxygen atoms in total. The van der Waals surface area contributed by atoms with Gasteiger partial charge in [-0.3, -0.25) is 9.69 Å². The highest BCUT2D eigenvalue weighted by atomic mass is 35.5. The van der Waals surface area contributed by atoms with E-state index in [4.69, 9.17) is 16.0 Å². The van der Waals surface area contributed by atoms with Crippen LogP contribution in [-0.2, 0) is 6.54 Å². The van der Waals surface area contributed by atoms with Crippen LogP contribution in [0.1, 0.15) is 19.4 Å². The number of rotatable bonds is 4. The third-order valence-electron chi connectivity index (χ3n) is 4.26. The number of nitrogens with zero attached hydrogens (tertiary/aromatic N) is 1. The Balaban J connectivity index is 2.31. The summed E-state index contributed by atoms with van der Waals surface area (Å²) in [6, 6.07) is 6.07. The van der Waals surface area contributed by atoms with Crippen molar-refractivity contribution in [2.75, 3.05) is 13.1 Å². The SMILES string of the molecule is CCN(CC)Cc1c(O)cc2oc3cc(Cl)ccc3c(=O)c2c1O. The maximum atomic E-state index is 12.8. The molecule has 0 bridgehead atoms. The summed E-state index contributed by atoms with van der Waals surface area (Å²) < 4.78 is 5.66. The molecule has 0 saturated heterocycles. The Morgan fingerprint density at radius 1 is 1.12 bits per heavy atom. The van der Waals surface area contributed by atoms with Gasteiger partial charge < -0.3 is 14.6 Å². The van der Waals surface area contributed by atoms with Crippen molar-refractivity contribution in [1.82, 2.24) is 4.90 Å². The molecule has 0 radical (unpaired) electrons. The summed E-state index contributed by atoms with van der Waals surface area (Å²) >= 11 is 5.93. The van der Waals surface area contributed by atoms with E-state index in [1.54, 1.807) is 12.1 Å². The molecular weight excluding hydrogens is 330 g/mol. The Labute approximate surface area is 143 Å². The van der Waals surface area contributed by atoms with Gasteiger partial charge in [0.2, 0.25) is 5.43 Å². The summed E-state index contributed by atoms with van der Waals surface area (Å²) in [6.45, 7) is 5.85. The molecule has 6 heteroatoms. The minimum Gasteiger partial charge on any atom is -0.507 e. The molecule has 0 aliphatic rings. The summed E-state index contributed by atoms with van der Waals surface area (Å²) in [5.41, 5.74) is 0.427. The predicted molar refractivity (Wildman–Crippen MR) is 95.0 cm³/mol. The van der Waals surface area contributed by atoms with E-state index in [1.165, 1.54) is 12.1 Å². The zero-order chi connectivity index (χ0) is 17.4. The highest BCUT2D eigenvalue weighted by Gasteiger charge is 2.19. The lowest BCUT2D eigenvalue weighted by Gasteiger charge is -2.20. The van der Waals surface area contributed by atoms with Crippen molar-refractivity contribution in [2.45, 2.75) is 20.4 Å². The number of fused-ring (bicyclic) bond motifs is 2. The topological polar surface area (TPSA) is 73.9 Å². The van der Waals surface area contributed by atoms with Crippen molar-refractivity contribution in [1.29, 1.82) is 0 Å². The second-order valence-electron chi connectivity index (χ2n) is 5.63. The van der Waals surface area contributed by atoms with Gasteiger partial charge in [0.1, 0.15) is 28.1 Å². The smallest absolute Gasteiger partial charge is 0.204 e. The van der Waals surface area contributed by atoms with Gasteiger partial charge in [-0.05, 0) is 25.2 Å². The Kier molecular flexibility index (Phi) is 4.39. The van der Waals surface area contributed by atoms with Crippen LogP contribution in [0.5, 0.6) is 11.5 Å². The highest BCUT2D eigenvalue weighted by Crippen LogP contribution is 2.36. The van der Waals surface area contributed by atoms with E-state index in [-0.39, 0.29) is 27.9 Å². The van der Waals surface area contributed by atoms with E-state index in [9.17, 15) is 15.0 Å². The lowest BCUT2D eigenvalue weighted by molar-refractivity contribution is 0.285. The second-order valence-corrected chi connectivity index (χ2v) is 6.07. The summed E-state index contributed by atoms with van der Waals surface area (Å²) in [5.74, 6) is -0.334. The fraction of sp³-hybridized carbons (Fsp3) is 0.278. The normalized spacial score (nSPS) is 11.7. The van der Waals surface area contributed by atoms with E-state index in [0.717, 1.165) is 13.1 Å². The summed E-state index contributed by atoms with van der Waals surface area (Å²) in [6.07, 6.45) is 0. The standard InChI is InChI=1S/C18H18ClNO4/c1-3-20(4-2)9-12-13(21)8-15-16(18(12)23)17(22)11-6-5-10(19)7-14(11)24-15/h5-8,21,23H,3-4,9H2,1-2H3. The third-order valence-corrected chi connectivity index (χ3v) is 4.49. The van der Waals surface area contributed by atoms with E-state index >= 15 is 0 Å². The number of phenols is 2. The van der Waals surface area contributed by atoms with Crippen LogP contribution in [0.4, 0.5) is 0 Å². The van der Waals surface area contributed by atoms with Crippen LogP contribution in [-0.4, -0.2) is 28.2 Å². The molecule has 0 amide bonds. The van der Waals surface area contributed by atoms with Crippen molar-refractivity contribution >= 4 is 33.5 Å². The van der Waals surface area contributed by atoms with E-state index < -0.39 is 0 Å². The molecule has 126 valence electrons. The van der Waals surface area contributed by atoms with Gasteiger partial charge in [-0.25, -0.2) is 0 Å². The van der Waals surface area contributed by atoms with Gasteiger partial charge >= 0.3 is 0 Å². The molecule has 0 aliphatic carbocycles. The number of halogens is 1. The van der Waals surface area contributed by atoms with Crippen LogP contribution in [0.3, 0.4) is 0 Å². The molecule has 1 aromatic heterocycles. The fourth-order valence-corrected chi connectivity index (χ4v) is 2.98. The van der Waals surface area contributed by atoms with Gasteiger partial charge in [0.25, 0.3) is 0 Å². The first-order valence-corrected chi connectivity index (χ1v) is 8.16. The van der Waals surface area contributed by atoms with E-state index in [2.05, 4.69) is 0 Å². The average Bonchev–Trinajstić information content (AvgIpc) is 2.54. The van der Waals surface area contributed by atoms with Crippen LogP contribution >= 0.6 is 11.6 Å². The van der Waals surface area contributed by atoms with E-state index in [1.807, 2.05) is 18.7 Å². The van der Waals surface area contributed by atoms with Gasteiger partial charge in [-0.15, -0.1) is 0 Å². The van der Waals surface area contributed by atoms with Crippen molar-refractivity contribution < 1.29 is 14.6 Å². The molecule has 0 fully saturated rings. The lowest BCUT2D eigenvalue weighted by Crippen LogP contribution is -2.22. The predicted octanol–water partition coefficient (Wildman–Crippen LogP) is 3.85. The summed E-state index contributed by atoms with van der Waals surface area (Å²) in [5, 5.41) is 21.7. The van der Waals surface area contributed by atoms with Gasteiger partial charge in [-0.1, -0.05) is 25.4 Å². The minimum atomic E-state index is -0.346. The molecular formula is C18H18ClNO4. The molecule has 0 unspecified atom stereocenters. The summed E-state index contributed by atoms with van der Waals surface area (Å²) in [4.78, 5) is 14.8. The van der Waals surface area contributed by atoms with Crippen LogP contribution in [0.25, 0.3) is 21.9 Å². The lowest BCUT2D eigenvalue weighted by atomic mass is 10.1. The monoisotopic (exact) mass is 347 g/mol. The number of benzene rings is 2. The van der Waals surface area contributed by atoms with Crippen molar-refractivity contribution in [2.24, 2.45) is 0 Å². The molecule has 24 heavy (non-hydrogen) atoms. The van der Waals surface area contributed by atoms with Crippen molar-refractivity contribution in [3.63, 3.8) is 0 Å². The van der Waals surface area contributed by atoms with Crippen LogP contribution < -0.4 is 5.43 Å². The Morgan fingerprint density at radius 3 is 2.50 bits per heavy atom. The van der Waals surface area contributed by atoms with Crippen LogP contribution in [0.15, 0.2) is 33.5 Å². The molecule has 0 aliphatic heterocycles. The first-order valence-electron chi connectivity index (χ1n) is 7.78. The molecule has 2 aromatic carbocycles. The fourth-order valence-electron chi connectivity index (χ4n) is 2.82. The zero-order valence-electron chi connectivity index (χ0n) is 13.5. The Hall–Kier alpha value is -2.24. The van der Waals surface area contributed by atoms with Crippen LogP contribution in [0.2, 0.25) is 5.02 Å². The van der Waals surface area contributed by atoms with Crippen molar-refractivity contribution in [3.05, 3.63) is 45.1 Å². The molecule has 0 spiro atoms. The number of aromatic hydroxyl groups is 2. The summed E-state index contributed by atoms with van der Waals surface area (Å²) in [7, 11) is 0. The minimum absolute atomic E-state index is 0.0739. The van der Waals surface area contributed by atoms with Gasteiger partial charge in [0.05, 0.1) is 10.9 Å². The maximum absolute atomic E-state index is 12.8. The molecule has 0 saturated carbocycles.